The minimum atomic E-state index is -0.237. The molecule has 0 N–H and O–H groups in total. The molecule has 0 aliphatic rings. The van der Waals surface area contributed by atoms with E-state index in [0.29, 0.717) is 12.0 Å². The Morgan fingerprint density at radius 1 is 1.18 bits per heavy atom. The maximum atomic E-state index is 13.6. The van der Waals surface area contributed by atoms with Gasteiger partial charge in [0.25, 0.3) is 0 Å². The molecule has 2 rings (SSSR count). The highest BCUT2D eigenvalue weighted by Crippen LogP contribution is 2.25. The molecule has 0 saturated heterocycles. The van der Waals surface area contributed by atoms with Gasteiger partial charge in [0.15, 0.2) is 0 Å². The van der Waals surface area contributed by atoms with E-state index in [4.69, 9.17) is 5.26 Å². The van der Waals surface area contributed by atoms with Crippen molar-refractivity contribution in [3.8, 4) is 17.2 Å². The van der Waals surface area contributed by atoms with Crippen molar-refractivity contribution in [2.75, 3.05) is 0 Å². The maximum Gasteiger partial charge on any atom is 0.131 e. The molecule has 0 unspecified atom stereocenters. The predicted molar refractivity (Wildman–Crippen MR) is 65.9 cm³/mol. The normalized spacial score (nSPS) is 9.94. The fourth-order valence-electron chi connectivity index (χ4n) is 1.81. The van der Waals surface area contributed by atoms with Crippen molar-refractivity contribution in [3.63, 3.8) is 0 Å². The highest BCUT2D eigenvalue weighted by atomic mass is 19.1. The number of halogens is 1. The van der Waals surface area contributed by atoms with E-state index in [9.17, 15) is 4.39 Å². The Kier molecular flexibility index (Phi) is 3.20. The third kappa shape index (κ3) is 2.34. The lowest BCUT2D eigenvalue weighted by Gasteiger charge is -2.07. The fourth-order valence-corrected chi connectivity index (χ4v) is 1.81. The molecule has 2 aromatic carbocycles. The molecule has 0 aliphatic carbocycles. The second-order valence-corrected chi connectivity index (χ2v) is 3.96. The van der Waals surface area contributed by atoms with Crippen molar-refractivity contribution in [3.05, 3.63) is 59.4 Å². The van der Waals surface area contributed by atoms with Crippen molar-refractivity contribution in [2.45, 2.75) is 13.3 Å². The summed E-state index contributed by atoms with van der Waals surface area (Å²) in [6.45, 7) is 1.96. The Morgan fingerprint density at radius 3 is 2.65 bits per heavy atom. The van der Waals surface area contributed by atoms with Crippen molar-refractivity contribution < 1.29 is 4.39 Å². The van der Waals surface area contributed by atoms with Crippen molar-refractivity contribution in [2.24, 2.45) is 0 Å². The molecule has 17 heavy (non-hydrogen) atoms. The van der Waals surface area contributed by atoms with Crippen molar-refractivity contribution >= 4 is 0 Å². The summed E-state index contributed by atoms with van der Waals surface area (Å²) in [6, 6.07) is 14.5. The van der Waals surface area contributed by atoms with Gasteiger partial charge in [-0.15, -0.1) is 0 Å². The topological polar surface area (TPSA) is 23.8 Å². The molecular formula is C15H12FN. The molecule has 0 saturated carbocycles. The van der Waals surface area contributed by atoms with E-state index in [-0.39, 0.29) is 5.82 Å². The molecule has 0 heterocycles. The standard InChI is InChI=1S/C15H12FN/c1-11-6-7-13(10-12(11)8-9-17)14-4-2-3-5-15(14)16/h2-7,10H,8H2,1H3. The van der Waals surface area contributed by atoms with Gasteiger partial charge in [-0.2, -0.15) is 5.26 Å². The molecule has 0 aliphatic heterocycles. The van der Waals surface area contributed by atoms with Crippen LogP contribution in [0.5, 0.6) is 0 Å². The SMILES string of the molecule is Cc1ccc(-c2ccccc2F)cc1CC#N. The molecule has 0 amide bonds. The second-order valence-electron chi connectivity index (χ2n) is 3.96. The summed E-state index contributed by atoms with van der Waals surface area (Å²) < 4.78 is 13.6. The quantitative estimate of drug-likeness (QED) is 0.761. The summed E-state index contributed by atoms with van der Waals surface area (Å²) in [5.74, 6) is -0.237. The van der Waals surface area contributed by atoms with Crippen LogP contribution in [0.3, 0.4) is 0 Å². The van der Waals surface area contributed by atoms with Crippen LogP contribution in [0.15, 0.2) is 42.5 Å². The van der Waals surface area contributed by atoms with Crippen LogP contribution in [0, 0.1) is 24.1 Å². The van der Waals surface area contributed by atoms with Crippen LogP contribution in [-0.4, -0.2) is 0 Å². The molecule has 0 spiro atoms. The molecule has 2 heteroatoms. The molecule has 84 valence electrons. The average molecular weight is 225 g/mol. The number of rotatable bonds is 2. The van der Waals surface area contributed by atoms with Crippen LogP contribution in [0.25, 0.3) is 11.1 Å². The number of aryl methyl sites for hydroxylation is 1. The Hall–Kier alpha value is -2.14. The predicted octanol–water partition coefficient (Wildman–Crippen LogP) is 3.87. The molecule has 0 aromatic heterocycles. The third-order valence-corrected chi connectivity index (χ3v) is 2.80. The Bertz CT molecular complexity index is 582. The Balaban J connectivity index is 2.51. The van der Waals surface area contributed by atoms with Crippen LogP contribution in [0.2, 0.25) is 0 Å². The number of hydrogen-bond donors (Lipinski definition) is 0. The van der Waals surface area contributed by atoms with Crippen LogP contribution in [-0.2, 0) is 6.42 Å². The monoisotopic (exact) mass is 225 g/mol. The first-order valence-corrected chi connectivity index (χ1v) is 5.44. The van der Waals surface area contributed by atoms with Gasteiger partial charge in [-0.3, -0.25) is 0 Å². The lowest BCUT2D eigenvalue weighted by molar-refractivity contribution is 0.631. The summed E-state index contributed by atoms with van der Waals surface area (Å²) >= 11 is 0. The van der Waals surface area contributed by atoms with Gasteiger partial charge in [-0.25, -0.2) is 4.39 Å². The third-order valence-electron chi connectivity index (χ3n) is 2.80. The van der Waals surface area contributed by atoms with Crippen LogP contribution in [0.4, 0.5) is 4.39 Å². The van der Waals surface area contributed by atoms with E-state index in [1.807, 2.05) is 31.2 Å². The van der Waals surface area contributed by atoms with Gasteiger partial charge in [0, 0.05) is 5.56 Å². The first kappa shape index (κ1) is 11.3. The van der Waals surface area contributed by atoms with Gasteiger partial charge < -0.3 is 0 Å². The van der Waals surface area contributed by atoms with E-state index >= 15 is 0 Å². The van der Waals surface area contributed by atoms with E-state index < -0.39 is 0 Å². The first-order valence-electron chi connectivity index (χ1n) is 5.44. The molecule has 0 radical (unpaired) electrons. The molecule has 1 nitrogen and oxygen atoms in total. The fraction of sp³-hybridized carbons (Fsp3) is 0.133. The average Bonchev–Trinajstić information content (AvgIpc) is 2.33. The van der Waals surface area contributed by atoms with Gasteiger partial charge >= 0.3 is 0 Å². The maximum absolute atomic E-state index is 13.6. The lowest BCUT2D eigenvalue weighted by Crippen LogP contribution is -1.90. The zero-order chi connectivity index (χ0) is 12.3. The number of benzene rings is 2. The molecule has 0 fully saturated rings. The molecule has 2 aromatic rings. The van der Waals surface area contributed by atoms with E-state index in [2.05, 4.69) is 6.07 Å². The van der Waals surface area contributed by atoms with Crippen LogP contribution >= 0.6 is 0 Å². The summed E-state index contributed by atoms with van der Waals surface area (Å²) in [4.78, 5) is 0. The lowest BCUT2D eigenvalue weighted by atomic mass is 9.98. The zero-order valence-corrected chi connectivity index (χ0v) is 9.57. The Morgan fingerprint density at radius 2 is 1.94 bits per heavy atom. The van der Waals surface area contributed by atoms with Gasteiger partial charge in [-0.1, -0.05) is 30.3 Å². The van der Waals surface area contributed by atoms with Crippen LogP contribution < -0.4 is 0 Å². The summed E-state index contributed by atoms with van der Waals surface area (Å²) in [7, 11) is 0. The van der Waals surface area contributed by atoms with E-state index in [1.54, 1.807) is 12.1 Å². The Labute approximate surface area is 100 Å². The molecular weight excluding hydrogens is 213 g/mol. The van der Waals surface area contributed by atoms with Gasteiger partial charge in [0.2, 0.25) is 0 Å². The number of hydrogen-bond acceptors (Lipinski definition) is 1. The molecule has 0 atom stereocenters. The van der Waals surface area contributed by atoms with E-state index in [1.165, 1.54) is 6.07 Å². The zero-order valence-electron chi connectivity index (χ0n) is 9.57. The van der Waals surface area contributed by atoms with Crippen LogP contribution in [0.1, 0.15) is 11.1 Å². The number of nitriles is 1. The smallest absolute Gasteiger partial charge is 0.131 e. The minimum Gasteiger partial charge on any atom is -0.206 e. The summed E-state index contributed by atoms with van der Waals surface area (Å²) in [5, 5.41) is 8.74. The largest absolute Gasteiger partial charge is 0.206 e. The van der Waals surface area contributed by atoms with Crippen molar-refractivity contribution in [1.29, 1.82) is 5.26 Å². The summed E-state index contributed by atoms with van der Waals surface area (Å²) in [5.41, 5.74) is 3.41. The highest BCUT2D eigenvalue weighted by molar-refractivity contribution is 5.65. The highest BCUT2D eigenvalue weighted by Gasteiger charge is 2.06. The van der Waals surface area contributed by atoms with Gasteiger partial charge in [0.1, 0.15) is 5.82 Å². The van der Waals surface area contributed by atoms with E-state index in [0.717, 1.165) is 16.7 Å². The van der Waals surface area contributed by atoms with Gasteiger partial charge in [-0.05, 0) is 35.7 Å². The van der Waals surface area contributed by atoms with Crippen molar-refractivity contribution in [1.82, 2.24) is 0 Å². The molecule has 0 bridgehead atoms. The minimum absolute atomic E-state index is 0.237. The second kappa shape index (κ2) is 4.80. The number of nitrogens with zero attached hydrogens (tertiary/aromatic N) is 1. The first-order chi connectivity index (χ1) is 8.22. The summed E-state index contributed by atoms with van der Waals surface area (Å²) in [6.07, 6.45) is 0.355. The van der Waals surface area contributed by atoms with Gasteiger partial charge in [0.05, 0.1) is 12.5 Å².